The maximum Gasteiger partial charge on any atom is 0.0591 e. The van der Waals surface area contributed by atoms with Gasteiger partial charge in [0, 0.05) is 115 Å². The molecule has 50 heavy (non-hydrogen) atoms. The number of benzene rings is 2. The van der Waals surface area contributed by atoms with Gasteiger partial charge in [0.15, 0.2) is 0 Å². The summed E-state index contributed by atoms with van der Waals surface area (Å²) < 4.78 is 5.01. The highest BCUT2D eigenvalue weighted by molar-refractivity contribution is 7.99. The molecule has 1 aromatic heterocycles. The van der Waals surface area contributed by atoms with Crippen LogP contribution >= 0.6 is 11.8 Å². The van der Waals surface area contributed by atoms with Crippen LogP contribution in [0.1, 0.15) is 24.8 Å². The van der Waals surface area contributed by atoms with Crippen molar-refractivity contribution in [2.75, 3.05) is 128 Å². The first-order chi connectivity index (χ1) is 24.8. The molecule has 282 valence electrons. The van der Waals surface area contributed by atoms with Gasteiger partial charge in [-0.05, 0) is 56.7 Å². The lowest BCUT2D eigenvalue weighted by Gasteiger charge is -2.29. The van der Waals surface area contributed by atoms with Gasteiger partial charge in [0.2, 0.25) is 0 Å². The molecule has 0 bridgehead atoms. The number of nitrogens with zero attached hydrogens (tertiary/aromatic N) is 3. The summed E-state index contributed by atoms with van der Waals surface area (Å²) in [6, 6.07) is 22.4. The topological polar surface area (TPSA) is 131 Å². The number of H-pyrrole nitrogens is 1. The van der Waals surface area contributed by atoms with Crippen LogP contribution in [0.2, 0.25) is 0 Å². The first-order valence-electron chi connectivity index (χ1n) is 18.6. The fraction of sp³-hybridized carbons (Fsp3) is 0.605. The SMILES string of the molecule is C1CCNCC1.C1COCCN1.C1CSCCN1.CN1CCNCC1.NCc1ccccc1.c1ccc(N2CCNCC2)cc1.c1cn[nH]c1. The summed E-state index contributed by atoms with van der Waals surface area (Å²) in [4.78, 5) is 4.74. The van der Waals surface area contributed by atoms with Crippen molar-refractivity contribution in [1.82, 2.24) is 41.7 Å². The highest BCUT2D eigenvalue weighted by Crippen LogP contribution is 2.12. The molecule has 5 saturated heterocycles. The zero-order chi connectivity index (χ0) is 35.4. The number of nitrogens with two attached hydrogens (primary N) is 1. The van der Waals surface area contributed by atoms with Gasteiger partial charge in [0.25, 0.3) is 0 Å². The number of hydrogen-bond donors (Lipinski definition) is 7. The predicted molar refractivity (Wildman–Crippen MR) is 215 cm³/mol. The van der Waals surface area contributed by atoms with Crippen molar-refractivity contribution in [1.29, 1.82) is 0 Å². The van der Waals surface area contributed by atoms with Crippen LogP contribution in [0.25, 0.3) is 0 Å². The molecule has 5 aliphatic rings. The predicted octanol–water partition coefficient (Wildman–Crippen LogP) is 2.86. The molecule has 5 aliphatic heterocycles. The Bertz CT molecular complexity index is 964. The average molecular weight is 713 g/mol. The van der Waals surface area contributed by atoms with Crippen molar-refractivity contribution in [2.24, 2.45) is 5.73 Å². The van der Waals surface area contributed by atoms with E-state index >= 15 is 0 Å². The molecule has 0 amide bonds. The Balaban J connectivity index is 0.000000207. The Hall–Kier alpha value is -2.52. The fourth-order valence-corrected chi connectivity index (χ4v) is 5.78. The van der Waals surface area contributed by atoms with Gasteiger partial charge in [-0.25, -0.2) is 0 Å². The van der Waals surface area contributed by atoms with Crippen LogP contribution in [0.4, 0.5) is 5.69 Å². The number of piperazine rings is 2. The summed E-state index contributed by atoms with van der Waals surface area (Å²) in [5, 5.41) is 22.5. The van der Waals surface area contributed by atoms with Gasteiger partial charge in [-0.2, -0.15) is 16.9 Å². The van der Waals surface area contributed by atoms with Gasteiger partial charge in [-0.1, -0.05) is 55.0 Å². The van der Waals surface area contributed by atoms with Gasteiger partial charge in [0.05, 0.1) is 13.2 Å². The molecular formula is C38H68N10OS. The minimum Gasteiger partial charge on any atom is -0.379 e. The van der Waals surface area contributed by atoms with Crippen molar-refractivity contribution < 1.29 is 4.74 Å². The van der Waals surface area contributed by atoms with Gasteiger partial charge in [-0.15, -0.1) is 0 Å². The summed E-state index contributed by atoms with van der Waals surface area (Å²) in [6.07, 6.45) is 7.67. The summed E-state index contributed by atoms with van der Waals surface area (Å²) in [6.45, 7) is 18.6. The van der Waals surface area contributed by atoms with E-state index in [2.05, 4.69) is 84.0 Å². The van der Waals surface area contributed by atoms with E-state index in [1.54, 1.807) is 12.4 Å². The van der Waals surface area contributed by atoms with Crippen molar-refractivity contribution in [3.05, 3.63) is 84.7 Å². The van der Waals surface area contributed by atoms with Crippen LogP contribution in [0.5, 0.6) is 0 Å². The Kier molecular flexibility index (Phi) is 29.3. The number of likely N-dealkylation sites (N-methyl/N-ethyl adjacent to an activating group) is 1. The van der Waals surface area contributed by atoms with Crippen molar-refractivity contribution in [2.45, 2.75) is 25.8 Å². The second-order valence-electron chi connectivity index (χ2n) is 12.1. The Morgan fingerprint density at radius 1 is 0.640 bits per heavy atom. The molecule has 3 aromatic rings. The van der Waals surface area contributed by atoms with E-state index in [0.29, 0.717) is 6.54 Å². The third kappa shape index (κ3) is 26.3. The molecule has 0 unspecified atom stereocenters. The van der Waals surface area contributed by atoms with E-state index < -0.39 is 0 Å². The van der Waals surface area contributed by atoms with E-state index in [1.165, 1.54) is 81.3 Å². The number of morpholine rings is 1. The number of hydrogen-bond acceptors (Lipinski definition) is 11. The largest absolute Gasteiger partial charge is 0.379 e. The third-order valence-corrected chi connectivity index (χ3v) is 8.95. The molecule has 0 saturated carbocycles. The highest BCUT2D eigenvalue weighted by atomic mass is 32.2. The maximum atomic E-state index is 5.35. The fourth-order valence-electron chi connectivity index (χ4n) is 5.00. The van der Waals surface area contributed by atoms with Gasteiger partial charge in [0.1, 0.15) is 0 Å². The monoisotopic (exact) mass is 713 g/mol. The molecular weight excluding hydrogens is 645 g/mol. The van der Waals surface area contributed by atoms with Gasteiger partial charge >= 0.3 is 0 Å². The number of thioether (sulfide) groups is 1. The average Bonchev–Trinajstić information content (AvgIpc) is 3.83. The Morgan fingerprint density at radius 3 is 1.48 bits per heavy atom. The molecule has 0 aliphatic carbocycles. The molecule has 6 heterocycles. The molecule has 5 fully saturated rings. The molecule has 0 atom stereocenters. The smallest absolute Gasteiger partial charge is 0.0591 e. The Labute approximate surface area is 307 Å². The van der Waals surface area contributed by atoms with E-state index in [4.69, 9.17) is 10.5 Å². The number of nitrogens with one attached hydrogen (secondary N) is 6. The van der Waals surface area contributed by atoms with Crippen molar-refractivity contribution >= 4 is 17.4 Å². The normalized spacial score (nSPS) is 18.7. The standard InChI is InChI=1S/C10H14N2.C7H9N.C5H12N2.C5H11N.C4H9NO.C4H9NS.C3H4N2/c1-2-4-10(5-3-1)12-8-6-11-7-9-12;8-6-7-4-2-1-3-5-7;1-7-4-2-6-3-5-7;1-2-4-6-5-3-1;2*1-3-6-4-2-5-1;1-2-4-5-3-1/h1-5,11H,6-9H2;1-5H,6,8H2;6H,2-5H2,1H3;6H,1-5H2;2*5H,1-4H2;1-3H,(H,4,5). The number of piperidine rings is 1. The lowest BCUT2D eigenvalue weighted by molar-refractivity contribution is 0.109. The zero-order valence-electron chi connectivity index (χ0n) is 30.8. The van der Waals surface area contributed by atoms with E-state index in [0.717, 1.165) is 65.6 Å². The summed E-state index contributed by atoms with van der Waals surface area (Å²) in [5.74, 6) is 2.61. The highest BCUT2D eigenvalue weighted by Gasteiger charge is 2.08. The van der Waals surface area contributed by atoms with E-state index in [1.807, 2.05) is 48.2 Å². The summed E-state index contributed by atoms with van der Waals surface area (Å²) in [7, 11) is 2.15. The third-order valence-electron chi connectivity index (χ3n) is 7.96. The zero-order valence-corrected chi connectivity index (χ0v) is 31.6. The minimum absolute atomic E-state index is 0.640. The first kappa shape index (κ1) is 43.6. The van der Waals surface area contributed by atoms with Crippen LogP contribution in [0, 0.1) is 0 Å². The molecule has 8 N–H and O–H groups in total. The second kappa shape index (κ2) is 33.6. The second-order valence-corrected chi connectivity index (χ2v) is 13.3. The molecule has 8 rings (SSSR count). The number of aromatic nitrogens is 2. The lowest BCUT2D eigenvalue weighted by atomic mass is 10.2. The number of ether oxygens (including phenoxy) is 1. The van der Waals surface area contributed by atoms with Crippen LogP contribution in [-0.2, 0) is 11.3 Å². The summed E-state index contributed by atoms with van der Waals surface area (Å²) >= 11 is 2.03. The first-order valence-corrected chi connectivity index (χ1v) is 19.8. The van der Waals surface area contributed by atoms with E-state index in [-0.39, 0.29) is 0 Å². The van der Waals surface area contributed by atoms with Gasteiger partial charge < -0.3 is 46.9 Å². The number of rotatable bonds is 2. The van der Waals surface area contributed by atoms with E-state index in [9.17, 15) is 0 Å². The molecule has 0 radical (unpaired) electrons. The molecule has 0 spiro atoms. The molecule has 11 nitrogen and oxygen atoms in total. The van der Waals surface area contributed by atoms with Gasteiger partial charge in [-0.3, -0.25) is 5.10 Å². The minimum atomic E-state index is 0.640. The van der Waals surface area contributed by atoms with Crippen LogP contribution < -0.4 is 37.2 Å². The maximum absolute atomic E-state index is 5.35. The van der Waals surface area contributed by atoms with Crippen LogP contribution in [0.15, 0.2) is 79.1 Å². The molecule has 2 aromatic carbocycles. The van der Waals surface area contributed by atoms with Crippen LogP contribution in [-0.4, -0.2) is 138 Å². The van der Waals surface area contributed by atoms with Crippen LogP contribution in [0.3, 0.4) is 0 Å². The van der Waals surface area contributed by atoms with Crippen molar-refractivity contribution in [3.63, 3.8) is 0 Å². The lowest BCUT2D eigenvalue weighted by Crippen LogP contribution is -2.43. The summed E-state index contributed by atoms with van der Waals surface area (Å²) in [5.41, 5.74) is 7.88. The number of anilines is 1. The number of aromatic amines is 1. The quantitative estimate of drug-likeness (QED) is 0.212. The number of para-hydroxylation sites is 1. The Morgan fingerprint density at radius 2 is 1.18 bits per heavy atom. The van der Waals surface area contributed by atoms with Crippen molar-refractivity contribution in [3.8, 4) is 0 Å². The molecule has 12 heteroatoms.